The molecule has 1 amide bonds. The number of aliphatic hydroxyl groups excluding tert-OH is 1. The summed E-state index contributed by atoms with van der Waals surface area (Å²) >= 11 is 4.74. The Morgan fingerprint density at radius 3 is 2.70 bits per heavy atom. The summed E-state index contributed by atoms with van der Waals surface area (Å²) in [5, 5.41) is 11.6. The average molecular weight is 160 g/mol. The first-order valence-electron chi connectivity index (χ1n) is 2.85. The van der Waals surface area contributed by atoms with Crippen molar-refractivity contribution in [3.63, 3.8) is 0 Å². The number of likely N-dealkylation sites (N-methyl/N-ethyl adjacent to an activating group) is 1. The number of amides is 1. The molecule has 4 nitrogen and oxygen atoms in total. The van der Waals surface area contributed by atoms with Crippen LogP contribution < -0.4 is 5.32 Å². The lowest BCUT2D eigenvalue weighted by Gasteiger charge is -2.03. The van der Waals surface area contributed by atoms with Crippen LogP contribution in [0.4, 0.5) is 0 Å². The van der Waals surface area contributed by atoms with E-state index < -0.39 is 6.04 Å². The van der Waals surface area contributed by atoms with E-state index in [0.717, 1.165) is 0 Å². The normalized spacial score (nSPS) is 25.4. The van der Waals surface area contributed by atoms with Crippen LogP contribution in [0.5, 0.6) is 0 Å². The van der Waals surface area contributed by atoms with Crippen molar-refractivity contribution in [3.8, 4) is 0 Å². The number of rotatable bonds is 1. The second-order valence-electron chi connectivity index (χ2n) is 2.08. The van der Waals surface area contributed by atoms with Crippen LogP contribution >= 0.6 is 12.2 Å². The molecule has 1 unspecified atom stereocenters. The monoisotopic (exact) mass is 160 g/mol. The number of nitrogens with one attached hydrogen (secondary N) is 1. The van der Waals surface area contributed by atoms with Crippen molar-refractivity contribution < 1.29 is 9.90 Å². The minimum absolute atomic E-state index is 0.174. The summed E-state index contributed by atoms with van der Waals surface area (Å²) in [6.07, 6.45) is 0. The number of carbonyl (C=O) groups is 1. The van der Waals surface area contributed by atoms with Gasteiger partial charge in [-0.3, -0.25) is 9.69 Å². The molecule has 10 heavy (non-hydrogen) atoms. The molecule has 0 aromatic carbocycles. The molecule has 1 aliphatic heterocycles. The van der Waals surface area contributed by atoms with Crippen LogP contribution in [0.25, 0.3) is 0 Å². The van der Waals surface area contributed by atoms with Gasteiger partial charge in [0.25, 0.3) is 5.91 Å². The average Bonchev–Trinajstić information content (AvgIpc) is 2.17. The van der Waals surface area contributed by atoms with Gasteiger partial charge in [-0.2, -0.15) is 0 Å². The lowest BCUT2D eigenvalue weighted by Crippen LogP contribution is -2.32. The summed E-state index contributed by atoms with van der Waals surface area (Å²) in [5.41, 5.74) is 0. The second-order valence-corrected chi connectivity index (χ2v) is 2.47. The number of aliphatic hydroxyl groups is 1. The molecule has 1 aliphatic rings. The molecule has 1 saturated heterocycles. The van der Waals surface area contributed by atoms with Crippen molar-refractivity contribution >= 4 is 23.2 Å². The summed E-state index contributed by atoms with van der Waals surface area (Å²) < 4.78 is 0. The van der Waals surface area contributed by atoms with Gasteiger partial charge in [0.2, 0.25) is 0 Å². The van der Waals surface area contributed by atoms with Crippen molar-refractivity contribution in [1.29, 1.82) is 0 Å². The lowest BCUT2D eigenvalue weighted by atomic mass is 10.3. The van der Waals surface area contributed by atoms with Crippen LogP contribution in [-0.4, -0.2) is 40.7 Å². The lowest BCUT2D eigenvalue weighted by molar-refractivity contribution is -0.126. The third kappa shape index (κ3) is 0.975. The van der Waals surface area contributed by atoms with Crippen LogP contribution in [0.3, 0.4) is 0 Å². The second kappa shape index (κ2) is 2.51. The highest BCUT2D eigenvalue weighted by molar-refractivity contribution is 7.80. The van der Waals surface area contributed by atoms with E-state index in [0.29, 0.717) is 5.11 Å². The summed E-state index contributed by atoms with van der Waals surface area (Å²) in [6.45, 7) is -0.205. The van der Waals surface area contributed by atoms with E-state index in [2.05, 4.69) is 5.32 Å². The van der Waals surface area contributed by atoms with Gasteiger partial charge >= 0.3 is 0 Å². The Labute approximate surface area is 63.8 Å². The van der Waals surface area contributed by atoms with Gasteiger partial charge in [-0.15, -0.1) is 0 Å². The molecule has 1 atom stereocenters. The van der Waals surface area contributed by atoms with Crippen molar-refractivity contribution in [3.05, 3.63) is 0 Å². The van der Waals surface area contributed by atoms with E-state index in [1.165, 1.54) is 4.90 Å². The summed E-state index contributed by atoms with van der Waals surface area (Å²) in [7, 11) is 1.58. The zero-order valence-electron chi connectivity index (χ0n) is 5.50. The Bertz CT molecular complexity index is 182. The van der Waals surface area contributed by atoms with E-state index in [-0.39, 0.29) is 12.5 Å². The van der Waals surface area contributed by atoms with Crippen molar-refractivity contribution in [1.82, 2.24) is 10.2 Å². The molecule has 56 valence electrons. The van der Waals surface area contributed by atoms with E-state index in [1.54, 1.807) is 7.05 Å². The Hall–Kier alpha value is -0.680. The predicted molar refractivity (Wildman–Crippen MR) is 39.4 cm³/mol. The molecule has 0 saturated carbocycles. The van der Waals surface area contributed by atoms with Crippen LogP contribution in [-0.2, 0) is 4.79 Å². The molecule has 1 rings (SSSR count). The first-order chi connectivity index (χ1) is 4.66. The number of hydrogen-bond acceptors (Lipinski definition) is 3. The molecule has 0 aromatic rings. The molecule has 2 N–H and O–H groups in total. The summed E-state index contributed by atoms with van der Waals surface area (Å²) in [4.78, 5) is 12.3. The van der Waals surface area contributed by atoms with E-state index in [4.69, 9.17) is 17.3 Å². The fourth-order valence-electron chi connectivity index (χ4n) is 0.765. The Morgan fingerprint density at radius 2 is 2.50 bits per heavy atom. The molecule has 5 heteroatoms. The van der Waals surface area contributed by atoms with Crippen molar-refractivity contribution in [2.45, 2.75) is 6.04 Å². The molecule has 1 heterocycles. The van der Waals surface area contributed by atoms with Gasteiger partial charge in [0.05, 0.1) is 6.61 Å². The zero-order valence-corrected chi connectivity index (χ0v) is 6.31. The van der Waals surface area contributed by atoms with Crippen LogP contribution in [0, 0.1) is 0 Å². The first kappa shape index (κ1) is 7.43. The predicted octanol–water partition coefficient (Wildman–Crippen LogP) is -1.31. The highest BCUT2D eigenvalue weighted by atomic mass is 32.1. The van der Waals surface area contributed by atoms with E-state index in [1.807, 2.05) is 0 Å². The minimum Gasteiger partial charge on any atom is -0.394 e. The Morgan fingerprint density at radius 1 is 1.90 bits per heavy atom. The zero-order chi connectivity index (χ0) is 7.72. The molecule has 1 fully saturated rings. The molecular weight excluding hydrogens is 152 g/mol. The smallest absolute Gasteiger partial charge is 0.253 e. The molecular formula is C5H8N2O2S. The largest absolute Gasteiger partial charge is 0.394 e. The first-order valence-corrected chi connectivity index (χ1v) is 3.26. The SMILES string of the molecule is CN1C(=O)C(CO)NC1=S. The Kier molecular flexibility index (Phi) is 1.87. The molecule has 0 aliphatic carbocycles. The number of hydrogen-bond donors (Lipinski definition) is 2. The van der Waals surface area contributed by atoms with Gasteiger partial charge in [0.15, 0.2) is 5.11 Å². The van der Waals surface area contributed by atoms with E-state index in [9.17, 15) is 4.79 Å². The molecule has 0 spiro atoms. The fraction of sp³-hybridized carbons (Fsp3) is 0.600. The fourth-order valence-corrected chi connectivity index (χ4v) is 0.997. The van der Waals surface area contributed by atoms with Gasteiger partial charge in [0, 0.05) is 7.05 Å². The highest BCUT2D eigenvalue weighted by Gasteiger charge is 2.31. The van der Waals surface area contributed by atoms with E-state index >= 15 is 0 Å². The molecule has 0 radical (unpaired) electrons. The number of nitrogens with zero attached hydrogens (tertiary/aromatic N) is 1. The highest BCUT2D eigenvalue weighted by Crippen LogP contribution is 2.01. The third-order valence-corrected chi connectivity index (χ3v) is 1.81. The summed E-state index contributed by atoms with van der Waals surface area (Å²) in [5.74, 6) is -0.174. The van der Waals surface area contributed by atoms with Gasteiger partial charge in [-0.05, 0) is 12.2 Å². The quantitative estimate of drug-likeness (QED) is 0.468. The standard InChI is InChI=1S/C5H8N2O2S/c1-7-4(9)3(2-8)6-5(7)10/h3,8H,2H2,1H3,(H,6,10). The van der Waals surface area contributed by atoms with Gasteiger partial charge in [0.1, 0.15) is 6.04 Å². The van der Waals surface area contributed by atoms with Gasteiger partial charge in [-0.1, -0.05) is 0 Å². The van der Waals surface area contributed by atoms with Gasteiger partial charge < -0.3 is 10.4 Å². The number of carbonyl (C=O) groups excluding carboxylic acids is 1. The Balaban J connectivity index is 2.71. The maximum absolute atomic E-state index is 11.0. The molecule has 0 bridgehead atoms. The number of thiocarbonyl (C=S) groups is 1. The van der Waals surface area contributed by atoms with Crippen LogP contribution in [0.15, 0.2) is 0 Å². The van der Waals surface area contributed by atoms with Crippen LogP contribution in [0.2, 0.25) is 0 Å². The van der Waals surface area contributed by atoms with Gasteiger partial charge in [-0.25, -0.2) is 0 Å². The minimum atomic E-state index is -0.530. The third-order valence-electron chi connectivity index (χ3n) is 1.41. The topological polar surface area (TPSA) is 52.6 Å². The van der Waals surface area contributed by atoms with Crippen molar-refractivity contribution in [2.24, 2.45) is 0 Å². The molecule has 0 aromatic heterocycles. The van der Waals surface area contributed by atoms with Crippen molar-refractivity contribution in [2.75, 3.05) is 13.7 Å². The van der Waals surface area contributed by atoms with Crippen LogP contribution in [0.1, 0.15) is 0 Å². The maximum Gasteiger partial charge on any atom is 0.253 e. The summed E-state index contributed by atoms with van der Waals surface area (Å²) in [6, 6.07) is -0.530. The maximum atomic E-state index is 11.0.